The Morgan fingerprint density at radius 3 is 2.67 bits per heavy atom. The second-order valence-electron chi connectivity index (χ2n) is 6.58. The van der Waals surface area contributed by atoms with Crippen molar-refractivity contribution >= 4 is 59.3 Å². The first-order chi connectivity index (χ1) is 11.9. The van der Waals surface area contributed by atoms with Gasteiger partial charge in [0.2, 0.25) is 0 Å². The number of rotatable bonds is 0. The zero-order valence-electron chi connectivity index (χ0n) is 13.1. The highest BCUT2D eigenvalue weighted by molar-refractivity contribution is 7.26. The van der Waals surface area contributed by atoms with Crippen LogP contribution in [0.3, 0.4) is 0 Å². The van der Waals surface area contributed by atoms with Gasteiger partial charge < -0.3 is 4.98 Å². The SMILES string of the molecule is C1=Cc2[nH]c3ccc4c(ccc5sc6ccccc6c54)c3c2CC1. The lowest BCUT2D eigenvalue weighted by Gasteiger charge is -2.07. The summed E-state index contributed by atoms with van der Waals surface area (Å²) in [5, 5.41) is 6.98. The third-order valence-corrected chi connectivity index (χ3v) is 6.42. The lowest BCUT2D eigenvalue weighted by molar-refractivity contribution is 0.993. The van der Waals surface area contributed by atoms with Crippen molar-refractivity contribution in [2.24, 2.45) is 0 Å². The van der Waals surface area contributed by atoms with Crippen molar-refractivity contribution in [3.8, 4) is 0 Å². The first-order valence-corrected chi connectivity index (χ1v) is 9.26. The van der Waals surface area contributed by atoms with E-state index in [2.05, 4.69) is 65.7 Å². The van der Waals surface area contributed by atoms with Gasteiger partial charge in [0.25, 0.3) is 0 Å². The number of H-pyrrole nitrogens is 1. The number of thiophene rings is 1. The normalized spacial score (nSPS) is 14.2. The summed E-state index contributed by atoms with van der Waals surface area (Å²) >= 11 is 1.89. The summed E-state index contributed by atoms with van der Waals surface area (Å²) in [5.41, 5.74) is 4.04. The van der Waals surface area contributed by atoms with Crippen LogP contribution in [0.2, 0.25) is 0 Å². The Morgan fingerprint density at radius 2 is 1.67 bits per heavy atom. The molecule has 0 atom stereocenters. The first kappa shape index (κ1) is 12.8. The Labute approximate surface area is 143 Å². The molecule has 1 nitrogen and oxygen atoms in total. The van der Waals surface area contributed by atoms with Gasteiger partial charge in [-0.1, -0.05) is 36.4 Å². The van der Waals surface area contributed by atoms with Gasteiger partial charge in [0, 0.05) is 36.8 Å². The van der Waals surface area contributed by atoms with E-state index in [4.69, 9.17) is 0 Å². The number of hydrogen-bond donors (Lipinski definition) is 1. The molecule has 114 valence electrons. The zero-order valence-corrected chi connectivity index (χ0v) is 13.9. The van der Waals surface area contributed by atoms with Crippen LogP contribution in [0.15, 0.2) is 54.6 Å². The van der Waals surface area contributed by atoms with E-state index in [0.29, 0.717) is 0 Å². The number of aromatic amines is 1. The molecule has 0 saturated carbocycles. The fourth-order valence-corrected chi connectivity index (χ4v) is 5.37. The molecule has 0 saturated heterocycles. The second-order valence-corrected chi connectivity index (χ2v) is 7.66. The number of nitrogens with one attached hydrogen (secondary N) is 1. The van der Waals surface area contributed by atoms with Crippen LogP contribution in [0.5, 0.6) is 0 Å². The third kappa shape index (κ3) is 1.54. The van der Waals surface area contributed by atoms with Crippen LogP contribution in [0.1, 0.15) is 17.7 Å². The maximum Gasteiger partial charge on any atom is 0.0468 e. The highest BCUT2D eigenvalue weighted by Crippen LogP contribution is 2.41. The van der Waals surface area contributed by atoms with Crippen molar-refractivity contribution in [3.63, 3.8) is 0 Å². The topological polar surface area (TPSA) is 15.8 Å². The van der Waals surface area contributed by atoms with Gasteiger partial charge in [-0.2, -0.15) is 0 Å². The average molecular weight is 325 g/mol. The molecule has 0 radical (unpaired) electrons. The first-order valence-electron chi connectivity index (χ1n) is 8.44. The Kier molecular flexibility index (Phi) is 2.39. The van der Waals surface area contributed by atoms with Gasteiger partial charge in [-0.3, -0.25) is 0 Å². The number of aryl methyl sites for hydroxylation is 1. The second kappa shape index (κ2) is 4.49. The van der Waals surface area contributed by atoms with E-state index < -0.39 is 0 Å². The van der Waals surface area contributed by atoms with Crippen molar-refractivity contribution in [2.45, 2.75) is 12.8 Å². The molecule has 2 heteroatoms. The summed E-state index contributed by atoms with van der Waals surface area (Å²) in [6, 6.07) is 17.9. The maximum absolute atomic E-state index is 3.60. The highest BCUT2D eigenvalue weighted by Gasteiger charge is 2.16. The molecule has 6 rings (SSSR count). The van der Waals surface area contributed by atoms with Crippen molar-refractivity contribution in [2.75, 3.05) is 0 Å². The number of hydrogen-bond acceptors (Lipinski definition) is 1. The van der Waals surface area contributed by atoms with Crippen LogP contribution in [-0.4, -0.2) is 4.98 Å². The van der Waals surface area contributed by atoms with Crippen LogP contribution in [0.4, 0.5) is 0 Å². The molecule has 1 aliphatic carbocycles. The van der Waals surface area contributed by atoms with E-state index in [1.165, 1.54) is 53.1 Å². The predicted octanol–water partition coefficient (Wildman–Crippen LogP) is 6.65. The van der Waals surface area contributed by atoms with E-state index >= 15 is 0 Å². The quantitative estimate of drug-likeness (QED) is 0.328. The van der Waals surface area contributed by atoms with Gasteiger partial charge in [-0.15, -0.1) is 11.3 Å². The minimum atomic E-state index is 1.13. The molecule has 0 amide bonds. The Balaban J connectivity index is 1.87. The van der Waals surface area contributed by atoms with E-state index in [-0.39, 0.29) is 0 Å². The van der Waals surface area contributed by atoms with Gasteiger partial charge in [0.05, 0.1) is 0 Å². The summed E-state index contributed by atoms with van der Waals surface area (Å²) in [6.45, 7) is 0. The molecule has 1 N–H and O–H groups in total. The molecular formula is C22H15NS. The number of benzene rings is 3. The standard InChI is InChI=1S/C22H15NS/c1-3-7-17-15(5-1)21-13-10-12-20-22(14(13)9-11-18(21)23-17)16-6-2-4-8-19(16)24-20/h2-4,6-12,23H,1,5H2. The number of aromatic nitrogens is 1. The zero-order chi connectivity index (χ0) is 15.7. The Morgan fingerprint density at radius 1 is 0.792 bits per heavy atom. The molecule has 0 spiro atoms. The van der Waals surface area contributed by atoms with Gasteiger partial charge in [0.15, 0.2) is 0 Å². The van der Waals surface area contributed by atoms with Crippen LogP contribution in [0, 0.1) is 0 Å². The minimum absolute atomic E-state index is 1.13. The molecule has 2 aromatic heterocycles. The maximum atomic E-state index is 3.60. The molecule has 1 aliphatic rings. The smallest absolute Gasteiger partial charge is 0.0468 e. The molecule has 0 bridgehead atoms. The van der Waals surface area contributed by atoms with E-state index in [1.807, 2.05) is 11.3 Å². The predicted molar refractivity (Wildman–Crippen MR) is 106 cm³/mol. The number of allylic oxidation sites excluding steroid dienone is 1. The highest BCUT2D eigenvalue weighted by atomic mass is 32.1. The molecule has 5 aromatic rings. The summed E-state index contributed by atoms with van der Waals surface area (Å²) < 4.78 is 2.76. The van der Waals surface area contributed by atoms with E-state index in [0.717, 1.165) is 12.8 Å². The van der Waals surface area contributed by atoms with Crippen LogP contribution < -0.4 is 0 Å². The van der Waals surface area contributed by atoms with Gasteiger partial charge in [-0.25, -0.2) is 0 Å². The van der Waals surface area contributed by atoms with Crippen molar-refractivity contribution in [3.05, 3.63) is 65.9 Å². The molecule has 2 heterocycles. The van der Waals surface area contributed by atoms with Crippen molar-refractivity contribution < 1.29 is 0 Å². The Hall–Kier alpha value is -2.58. The van der Waals surface area contributed by atoms with Gasteiger partial charge in [-0.05, 0) is 53.5 Å². The Bertz CT molecular complexity index is 1300. The minimum Gasteiger partial charge on any atom is -0.355 e. The molecule has 0 fully saturated rings. The van der Waals surface area contributed by atoms with Crippen LogP contribution in [0.25, 0.3) is 47.9 Å². The fraction of sp³-hybridized carbons (Fsp3) is 0.0909. The largest absolute Gasteiger partial charge is 0.355 e. The monoisotopic (exact) mass is 325 g/mol. The van der Waals surface area contributed by atoms with Gasteiger partial charge >= 0.3 is 0 Å². The van der Waals surface area contributed by atoms with E-state index in [9.17, 15) is 0 Å². The summed E-state index contributed by atoms with van der Waals surface area (Å²) in [7, 11) is 0. The third-order valence-electron chi connectivity index (χ3n) is 5.28. The average Bonchev–Trinajstić information content (AvgIpc) is 3.19. The summed E-state index contributed by atoms with van der Waals surface area (Å²) in [5.74, 6) is 0. The lowest BCUT2D eigenvalue weighted by atomic mass is 9.95. The molecule has 24 heavy (non-hydrogen) atoms. The lowest BCUT2D eigenvalue weighted by Crippen LogP contribution is -1.90. The van der Waals surface area contributed by atoms with Crippen LogP contribution in [-0.2, 0) is 6.42 Å². The summed E-state index contributed by atoms with van der Waals surface area (Å²) in [6.07, 6.45) is 6.78. The molecular weight excluding hydrogens is 310 g/mol. The van der Waals surface area contributed by atoms with Crippen molar-refractivity contribution in [1.82, 2.24) is 4.98 Å². The van der Waals surface area contributed by atoms with Gasteiger partial charge in [0.1, 0.15) is 0 Å². The number of fused-ring (bicyclic) bond motifs is 9. The fourth-order valence-electron chi connectivity index (χ4n) is 4.24. The van der Waals surface area contributed by atoms with Crippen molar-refractivity contribution in [1.29, 1.82) is 0 Å². The molecule has 3 aromatic carbocycles. The van der Waals surface area contributed by atoms with E-state index in [1.54, 1.807) is 0 Å². The van der Waals surface area contributed by atoms with Crippen LogP contribution >= 0.6 is 11.3 Å². The summed E-state index contributed by atoms with van der Waals surface area (Å²) in [4.78, 5) is 3.60. The molecule has 0 unspecified atom stereocenters. The molecule has 0 aliphatic heterocycles.